The molecule has 1 atom stereocenters. The Morgan fingerprint density at radius 1 is 1.27 bits per heavy atom. The molecular formula is C21H23N3O3S3. The van der Waals surface area contributed by atoms with Gasteiger partial charge in [0, 0.05) is 16.7 Å². The van der Waals surface area contributed by atoms with Crippen LogP contribution in [0.3, 0.4) is 0 Å². The van der Waals surface area contributed by atoms with E-state index in [1.54, 1.807) is 36.0 Å². The lowest BCUT2D eigenvalue weighted by molar-refractivity contribution is 0.273. The molecular weight excluding hydrogens is 438 g/mol. The van der Waals surface area contributed by atoms with Crippen LogP contribution in [0.4, 0.5) is 5.69 Å². The van der Waals surface area contributed by atoms with Crippen molar-refractivity contribution in [1.82, 2.24) is 4.98 Å². The van der Waals surface area contributed by atoms with E-state index in [-0.39, 0.29) is 16.2 Å². The lowest BCUT2D eigenvalue weighted by atomic mass is 10.1. The maximum Gasteiger partial charge on any atom is 0.273 e. The molecule has 2 N–H and O–H groups in total. The van der Waals surface area contributed by atoms with Gasteiger partial charge in [-0.3, -0.25) is 4.99 Å². The Kier molecular flexibility index (Phi) is 5.65. The van der Waals surface area contributed by atoms with Gasteiger partial charge in [-0.1, -0.05) is 36.0 Å². The Bertz CT molecular complexity index is 1240. The standard InChI is InChI=1S/C21H23N3O3S3/c1-14-5-3-7-16(11-14)30(26,27)24(28)18-8-4-6-15-12-17(23-19(15)18)20-22-13-21(2,29-20)9-10-25/h3-8,11-12,23,25,28H,9-10,13H2,1-2H3. The fourth-order valence-electron chi connectivity index (χ4n) is 3.46. The van der Waals surface area contributed by atoms with Gasteiger partial charge in [0.15, 0.2) is 0 Å². The minimum Gasteiger partial charge on any atom is -0.396 e. The number of H-pyrrole nitrogens is 1. The summed E-state index contributed by atoms with van der Waals surface area (Å²) in [5.41, 5.74) is 2.82. The molecule has 158 valence electrons. The first-order chi connectivity index (χ1) is 14.2. The molecule has 2 aromatic carbocycles. The zero-order chi connectivity index (χ0) is 21.5. The number of aryl methyl sites for hydroxylation is 1. The number of nitrogens with one attached hydrogen (secondary N) is 1. The van der Waals surface area contributed by atoms with Crippen molar-refractivity contribution in [2.24, 2.45) is 4.99 Å². The molecule has 0 radical (unpaired) electrons. The summed E-state index contributed by atoms with van der Waals surface area (Å²) in [6.45, 7) is 4.69. The number of fused-ring (bicyclic) bond motifs is 1. The number of aromatic amines is 1. The number of hydrogen-bond donors (Lipinski definition) is 3. The highest BCUT2D eigenvalue weighted by Crippen LogP contribution is 2.39. The minimum atomic E-state index is -3.83. The van der Waals surface area contributed by atoms with E-state index in [0.717, 1.165) is 25.4 Å². The third-order valence-electron chi connectivity index (χ3n) is 5.13. The van der Waals surface area contributed by atoms with Crippen molar-refractivity contribution in [3.8, 4) is 0 Å². The van der Waals surface area contributed by atoms with Gasteiger partial charge in [-0.05, 0) is 62.9 Å². The second-order valence-corrected chi connectivity index (χ2v) is 11.7. The Morgan fingerprint density at radius 3 is 2.77 bits per heavy atom. The van der Waals surface area contributed by atoms with E-state index in [1.165, 1.54) is 0 Å². The molecule has 9 heteroatoms. The Balaban J connectivity index is 1.71. The first kappa shape index (κ1) is 21.3. The van der Waals surface area contributed by atoms with E-state index in [4.69, 9.17) is 0 Å². The van der Waals surface area contributed by atoms with E-state index in [9.17, 15) is 13.5 Å². The number of thioether (sulfide) groups is 1. The zero-order valence-corrected chi connectivity index (χ0v) is 19.2. The SMILES string of the molecule is Cc1cccc(S(=O)(=O)N(S)c2cccc3cc(C4=NCC(C)(CCO)S4)[nH]c23)c1. The molecule has 0 saturated carbocycles. The summed E-state index contributed by atoms with van der Waals surface area (Å²) in [7, 11) is -3.83. The van der Waals surface area contributed by atoms with Crippen molar-refractivity contribution >= 4 is 56.2 Å². The maximum atomic E-state index is 13.1. The van der Waals surface area contributed by atoms with Gasteiger partial charge in [0.1, 0.15) is 5.04 Å². The Hall–Kier alpha value is -1.94. The number of aliphatic hydroxyl groups excluding tert-OH is 1. The summed E-state index contributed by atoms with van der Waals surface area (Å²) in [6, 6.07) is 14.2. The average molecular weight is 462 g/mol. The highest BCUT2D eigenvalue weighted by atomic mass is 32.3. The topological polar surface area (TPSA) is 85.8 Å². The van der Waals surface area contributed by atoms with Gasteiger partial charge < -0.3 is 10.1 Å². The molecule has 3 aromatic rings. The lowest BCUT2D eigenvalue weighted by Gasteiger charge is -2.20. The monoisotopic (exact) mass is 461 g/mol. The van der Waals surface area contributed by atoms with Gasteiger partial charge in [0.25, 0.3) is 10.0 Å². The maximum absolute atomic E-state index is 13.1. The van der Waals surface area contributed by atoms with E-state index >= 15 is 0 Å². The van der Waals surface area contributed by atoms with Crippen molar-refractivity contribution in [3.05, 3.63) is 59.8 Å². The van der Waals surface area contributed by atoms with Crippen LogP contribution in [0, 0.1) is 6.92 Å². The number of anilines is 1. The van der Waals surface area contributed by atoms with Crippen LogP contribution in [-0.4, -0.2) is 41.5 Å². The van der Waals surface area contributed by atoms with E-state index in [2.05, 4.69) is 29.7 Å². The fourth-order valence-corrected chi connectivity index (χ4v) is 6.25. The molecule has 0 fully saturated rings. The number of thiol groups is 1. The summed E-state index contributed by atoms with van der Waals surface area (Å²) in [5.74, 6) is 0. The molecule has 0 spiro atoms. The average Bonchev–Trinajstić information content (AvgIpc) is 3.31. The molecule has 0 saturated heterocycles. The minimum absolute atomic E-state index is 0.120. The van der Waals surface area contributed by atoms with Crippen LogP contribution < -0.4 is 3.71 Å². The third kappa shape index (κ3) is 3.87. The number of nitrogens with zero attached hydrogens (tertiary/aromatic N) is 2. The van der Waals surface area contributed by atoms with Crippen LogP contribution in [0.25, 0.3) is 10.9 Å². The second kappa shape index (κ2) is 7.96. The van der Waals surface area contributed by atoms with Crippen molar-refractivity contribution in [2.45, 2.75) is 29.9 Å². The molecule has 1 aromatic heterocycles. The summed E-state index contributed by atoms with van der Waals surface area (Å²) in [5, 5.41) is 11.0. The third-order valence-corrected chi connectivity index (χ3v) is 8.86. The highest BCUT2D eigenvalue weighted by Gasteiger charge is 2.33. The molecule has 1 unspecified atom stereocenters. The number of aromatic nitrogens is 1. The number of aliphatic imine (C=N–C) groups is 1. The lowest BCUT2D eigenvalue weighted by Crippen LogP contribution is -2.22. The van der Waals surface area contributed by atoms with Crippen molar-refractivity contribution in [2.75, 3.05) is 16.9 Å². The molecule has 0 aliphatic carbocycles. The van der Waals surface area contributed by atoms with Crippen molar-refractivity contribution in [3.63, 3.8) is 0 Å². The number of aliphatic hydroxyl groups is 1. The Labute approximate surface area is 186 Å². The first-order valence-corrected chi connectivity index (χ1v) is 12.2. The molecule has 0 bridgehead atoms. The predicted molar refractivity (Wildman–Crippen MR) is 127 cm³/mol. The van der Waals surface area contributed by atoms with Gasteiger partial charge in [0.05, 0.1) is 28.3 Å². The van der Waals surface area contributed by atoms with Crippen LogP contribution in [0.1, 0.15) is 24.6 Å². The van der Waals surface area contributed by atoms with Crippen LogP contribution in [0.5, 0.6) is 0 Å². The number of hydrogen-bond acceptors (Lipinski definition) is 6. The quantitative estimate of drug-likeness (QED) is 0.482. The van der Waals surface area contributed by atoms with Crippen LogP contribution in [-0.2, 0) is 10.0 Å². The predicted octanol–water partition coefficient (Wildman–Crippen LogP) is 4.15. The summed E-state index contributed by atoms with van der Waals surface area (Å²) in [6.07, 6.45) is 0.662. The summed E-state index contributed by atoms with van der Waals surface area (Å²) >= 11 is 5.99. The van der Waals surface area contributed by atoms with Gasteiger partial charge in [0.2, 0.25) is 0 Å². The van der Waals surface area contributed by atoms with Gasteiger partial charge >= 0.3 is 0 Å². The van der Waals surface area contributed by atoms with Crippen molar-refractivity contribution < 1.29 is 13.5 Å². The number of benzene rings is 2. The van der Waals surface area contributed by atoms with E-state index in [1.807, 2.05) is 31.2 Å². The number of para-hydroxylation sites is 1. The molecule has 6 nitrogen and oxygen atoms in total. The second-order valence-electron chi connectivity index (χ2n) is 7.64. The molecule has 1 aliphatic heterocycles. The highest BCUT2D eigenvalue weighted by molar-refractivity contribution is 8.15. The largest absolute Gasteiger partial charge is 0.396 e. The first-order valence-electron chi connectivity index (χ1n) is 9.51. The molecule has 4 rings (SSSR count). The normalized spacial score (nSPS) is 19.3. The van der Waals surface area contributed by atoms with Crippen molar-refractivity contribution in [1.29, 1.82) is 0 Å². The summed E-state index contributed by atoms with van der Waals surface area (Å²) in [4.78, 5) is 8.16. The fraction of sp³-hybridized carbons (Fsp3) is 0.286. The zero-order valence-electron chi connectivity index (χ0n) is 16.7. The Morgan fingerprint density at radius 2 is 2.03 bits per heavy atom. The van der Waals surface area contributed by atoms with Gasteiger partial charge in [-0.2, -0.15) is 0 Å². The molecule has 2 heterocycles. The molecule has 0 amide bonds. The number of rotatable bonds is 6. The van der Waals surface area contributed by atoms with Crippen LogP contribution >= 0.6 is 24.6 Å². The molecule has 1 aliphatic rings. The van der Waals surface area contributed by atoms with E-state index < -0.39 is 10.0 Å². The molecule has 30 heavy (non-hydrogen) atoms. The van der Waals surface area contributed by atoms with Gasteiger partial charge in [-0.25, -0.2) is 12.1 Å². The van der Waals surface area contributed by atoms with Crippen LogP contribution in [0.2, 0.25) is 0 Å². The smallest absolute Gasteiger partial charge is 0.273 e. The number of sulfonamides is 1. The van der Waals surface area contributed by atoms with E-state index in [0.29, 0.717) is 24.2 Å². The summed E-state index contributed by atoms with van der Waals surface area (Å²) < 4.78 is 27.2. The van der Waals surface area contributed by atoms with Gasteiger partial charge in [-0.15, -0.1) is 0 Å². The van der Waals surface area contributed by atoms with Crippen LogP contribution in [0.15, 0.2) is 58.4 Å².